The number of thiocarbonyl (C=S) groups is 1. The zero-order chi connectivity index (χ0) is 10.5. The van der Waals surface area contributed by atoms with Gasteiger partial charge in [-0.05, 0) is 18.6 Å². The van der Waals surface area contributed by atoms with Crippen LogP contribution in [0.2, 0.25) is 0 Å². The Morgan fingerprint density at radius 3 is 2.29 bits per heavy atom. The Bertz CT molecular complexity index is 171. The van der Waals surface area contributed by atoms with Gasteiger partial charge in [0, 0.05) is 0 Å². The first-order chi connectivity index (χ1) is 5.87. The summed E-state index contributed by atoms with van der Waals surface area (Å²) in [4.78, 5) is 0. The highest BCUT2D eigenvalue weighted by Gasteiger charge is 2.11. The van der Waals surface area contributed by atoms with Gasteiger partial charge >= 0.3 is 0 Å². The van der Waals surface area contributed by atoms with Gasteiger partial charge in [0.25, 0.3) is 0 Å². The molecule has 0 aromatic heterocycles. The largest absolute Gasteiger partial charge is 1.00 e. The average molecular weight is 443 g/mol. The van der Waals surface area contributed by atoms with Crippen LogP contribution in [0.4, 0.5) is 0 Å². The molecule has 86 valence electrons. The van der Waals surface area contributed by atoms with Gasteiger partial charge in [-0.2, -0.15) is 0 Å². The highest BCUT2D eigenvalue weighted by Crippen LogP contribution is 2.09. The molecule has 14 heavy (non-hydrogen) atoms. The first-order valence-electron chi connectivity index (χ1n) is 4.48. The van der Waals surface area contributed by atoms with E-state index in [0.717, 1.165) is 29.1 Å². The molecular formula is C9H19I2NOS. The number of nitrogens with zero attached hydrogens (tertiary/aromatic N) is 1. The highest BCUT2D eigenvalue weighted by molar-refractivity contribution is 14.1. The predicted molar refractivity (Wildman–Crippen MR) is 69.5 cm³/mol. The van der Waals surface area contributed by atoms with Gasteiger partial charge in [-0.1, -0.05) is 29.5 Å². The fourth-order valence-corrected chi connectivity index (χ4v) is 1.11. The molecule has 1 unspecified atom stereocenters. The van der Waals surface area contributed by atoms with Crippen LogP contribution in [0, 0.1) is 0 Å². The van der Waals surface area contributed by atoms with Crippen molar-refractivity contribution in [2.45, 2.75) is 17.3 Å². The first kappa shape index (κ1) is 17.7. The minimum atomic E-state index is 0. The Hall–Kier alpha value is 1.31. The Kier molecular flexibility index (Phi) is 10.7. The fraction of sp³-hybridized carbons (Fsp3) is 0.889. The molecule has 5 heteroatoms. The summed E-state index contributed by atoms with van der Waals surface area (Å²) in [6, 6.07) is 0. The quantitative estimate of drug-likeness (QED) is 0.240. The molecule has 0 bridgehead atoms. The summed E-state index contributed by atoms with van der Waals surface area (Å²) in [5, 5.41) is 0.747. The maximum atomic E-state index is 5.48. The van der Waals surface area contributed by atoms with Gasteiger partial charge in [0.05, 0.1) is 25.1 Å². The standard InChI is InChI=1S/C9H19INOS.HI/c1-5-8(10)9(13)12-7-6-11(2,3)4;/h8H,5-7H2,1-4H3;1H/q+1;/p-1. The lowest BCUT2D eigenvalue weighted by Crippen LogP contribution is -3.00. The van der Waals surface area contributed by atoms with Crippen molar-refractivity contribution in [2.24, 2.45) is 0 Å². The summed E-state index contributed by atoms with van der Waals surface area (Å²) in [6.45, 7) is 3.83. The van der Waals surface area contributed by atoms with Crippen molar-refractivity contribution in [3.05, 3.63) is 0 Å². The van der Waals surface area contributed by atoms with Crippen LogP contribution in [0.1, 0.15) is 13.3 Å². The molecule has 0 aromatic rings. The first-order valence-corrected chi connectivity index (χ1v) is 6.13. The summed E-state index contributed by atoms with van der Waals surface area (Å²) in [5.74, 6) is 0. The molecule has 0 aliphatic carbocycles. The second-order valence-corrected chi connectivity index (χ2v) is 5.96. The number of rotatable bonds is 5. The maximum absolute atomic E-state index is 5.48. The minimum Gasteiger partial charge on any atom is -1.00 e. The average Bonchev–Trinajstić information content (AvgIpc) is 2.00. The number of likely N-dealkylation sites (N-methyl/N-ethyl adjacent to an activating group) is 1. The van der Waals surface area contributed by atoms with Crippen molar-refractivity contribution >= 4 is 39.9 Å². The number of quaternary nitrogens is 1. The Morgan fingerprint density at radius 2 is 1.93 bits per heavy atom. The smallest absolute Gasteiger partial charge is 0.172 e. The molecule has 2 nitrogen and oxygen atoms in total. The molecule has 0 radical (unpaired) electrons. The van der Waals surface area contributed by atoms with Gasteiger partial charge < -0.3 is 33.2 Å². The van der Waals surface area contributed by atoms with Crippen LogP contribution >= 0.6 is 34.8 Å². The summed E-state index contributed by atoms with van der Waals surface area (Å²) < 4.78 is 6.77. The van der Waals surface area contributed by atoms with Crippen LogP contribution in [-0.2, 0) is 4.74 Å². The molecule has 0 heterocycles. The van der Waals surface area contributed by atoms with Gasteiger partial charge in [0.1, 0.15) is 13.2 Å². The Balaban J connectivity index is 0. The van der Waals surface area contributed by atoms with Crippen LogP contribution in [0.15, 0.2) is 0 Å². The molecule has 0 aliphatic heterocycles. The second kappa shape index (κ2) is 8.46. The number of hydrogen-bond donors (Lipinski definition) is 0. The molecule has 0 amide bonds. The summed E-state index contributed by atoms with van der Waals surface area (Å²) in [5.41, 5.74) is 0. The van der Waals surface area contributed by atoms with Gasteiger partial charge in [-0.25, -0.2) is 0 Å². The van der Waals surface area contributed by atoms with Crippen molar-refractivity contribution in [1.82, 2.24) is 0 Å². The predicted octanol–water partition coefficient (Wildman–Crippen LogP) is -0.746. The van der Waals surface area contributed by atoms with E-state index in [1.807, 2.05) is 0 Å². The normalized spacial score (nSPS) is 12.9. The third kappa shape index (κ3) is 9.85. The molecule has 0 aliphatic rings. The van der Waals surface area contributed by atoms with E-state index in [2.05, 4.69) is 50.7 Å². The van der Waals surface area contributed by atoms with E-state index in [0.29, 0.717) is 3.92 Å². The van der Waals surface area contributed by atoms with Crippen molar-refractivity contribution in [2.75, 3.05) is 34.3 Å². The van der Waals surface area contributed by atoms with Crippen LogP contribution in [-0.4, -0.2) is 47.8 Å². The van der Waals surface area contributed by atoms with Crippen LogP contribution < -0.4 is 24.0 Å². The summed E-state index contributed by atoms with van der Waals surface area (Å²) in [7, 11) is 6.44. The van der Waals surface area contributed by atoms with E-state index in [4.69, 9.17) is 17.0 Å². The van der Waals surface area contributed by atoms with Gasteiger partial charge in [-0.3, -0.25) is 0 Å². The van der Waals surface area contributed by atoms with E-state index in [-0.39, 0.29) is 24.0 Å². The molecule has 0 spiro atoms. The Morgan fingerprint density at radius 1 is 1.43 bits per heavy atom. The zero-order valence-electron chi connectivity index (χ0n) is 9.22. The Labute approximate surface area is 124 Å². The van der Waals surface area contributed by atoms with Crippen molar-refractivity contribution < 1.29 is 33.2 Å². The molecule has 0 N–H and O–H groups in total. The highest BCUT2D eigenvalue weighted by atomic mass is 127. The SMILES string of the molecule is CCC(I)C(=S)OCC[N+](C)(C)C.[I-]. The van der Waals surface area contributed by atoms with Crippen molar-refractivity contribution in [3.63, 3.8) is 0 Å². The lowest BCUT2D eigenvalue weighted by atomic mass is 10.3. The monoisotopic (exact) mass is 443 g/mol. The lowest BCUT2D eigenvalue weighted by Gasteiger charge is -2.24. The lowest BCUT2D eigenvalue weighted by molar-refractivity contribution is -0.870. The van der Waals surface area contributed by atoms with E-state index in [1.165, 1.54) is 0 Å². The number of ether oxygens (including phenoxy) is 1. The number of hydrogen-bond acceptors (Lipinski definition) is 2. The second-order valence-electron chi connectivity index (χ2n) is 4.06. The van der Waals surface area contributed by atoms with Gasteiger partial charge in [0.15, 0.2) is 5.05 Å². The third-order valence-corrected chi connectivity index (χ3v) is 3.89. The third-order valence-electron chi connectivity index (χ3n) is 1.62. The van der Waals surface area contributed by atoms with E-state index >= 15 is 0 Å². The zero-order valence-corrected chi connectivity index (χ0v) is 14.3. The van der Waals surface area contributed by atoms with Gasteiger partial charge in [-0.15, -0.1) is 0 Å². The molecule has 0 saturated heterocycles. The van der Waals surface area contributed by atoms with E-state index in [9.17, 15) is 0 Å². The van der Waals surface area contributed by atoms with Crippen LogP contribution in [0.3, 0.4) is 0 Å². The van der Waals surface area contributed by atoms with E-state index < -0.39 is 0 Å². The molecule has 0 aromatic carbocycles. The molecular weight excluding hydrogens is 424 g/mol. The topological polar surface area (TPSA) is 9.23 Å². The molecule has 1 atom stereocenters. The maximum Gasteiger partial charge on any atom is 0.172 e. The number of alkyl halides is 1. The minimum absolute atomic E-state index is 0. The summed E-state index contributed by atoms with van der Waals surface area (Å²) >= 11 is 7.45. The van der Waals surface area contributed by atoms with Crippen molar-refractivity contribution in [1.29, 1.82) is 0 Å². The fourth-order valence-electron chi connectivity index (χ4n) is 0.677. The summed E-state index contributed by atoms with van der Waals surface area (Å²) in [6.07, 6.45) is 1.05. The van der Waals surface area contributed by atoms with Crippen LogP contribution in [0.25, 0.3) is 0 Å². The number of halogens is 2. The molecule has 0 rings (SSSR count). The van der Waals surface area contributed by atoms with Crippen LogP contribution in [0.5, 0.6) is 0 Å². The molecule has 0 saturated carbocycles. The molecule has 0 fully saturated rings. The van der Waals surface area contributed by atoms with E-state index in [1.54, 1.807) is 0 Å². The van der Waals surface area contributed by atoms with Crippen molar-refractivity contribution in [3.8, 4) is 0 Å². The van der Waals surface area contributed by atoms with Gasteiger partial charge in [0.2, 0.25) is 0 Å².